The maximum atomic E-state index is 9.29. The predicted octanol–water partition coefficient (Wildman–Crippen LogP) is 2.86. The summed E-state index contributed by atoms with van der Waals surface area (Å²) in [4.78, 5) is 4.29. The van der Waals surface area contributed by atoms with Crippen LogP contribution >= 0.6 is 0 Å². The van der Waals surface area contributed by atoms with Crippen LogP contribution in [-0.2, 0) is 0 Å². The minimum absolute atomic E-state index is 0.0714. The summed E-state index contributed by atoms with van der Waals surface area (Å²) in [5, 5.41) is 18.5. The molecule has 0 fully saturated rings. The van der Waals surface area contributed by atoms with E-state index in [0.717, 1.165) is 16.8 Å². The number of phenolic OH excluding ortho intramolecular Hbond substituents is 1. The van der Waals surface area contributed by atoms with Crippen molar-refractivity contribution >= 4 is 0 Å². The Bertz CT molecular complexity index is 628. The van der Waals surface area contributed by atoms with E-state index < -0.39 is 0 Å². The molecule has 4 nitrogen and oxygen atoms in total. The molecule has 0 atom stereocenters. The minimum Gasteiger partial charge on any atom is -0.508 e. The topological polar surface area (TPSA) is 66.5 Å². The fourth-order valence-electron chi connectivity index (χ4n) is 1.70. The average Bonchev–Trinajstić information content (AvgIpc) is 2.72. The molecule has 2 heterocycles. The molecule has 0 saturated heterocycles. The van der Waals surface area contributed by atoms with Crippen LogP contribution < -0.4 is 0 Å². The number of fused-ring (bicyclic) bond motifs is 1. The lowest BCUT2D eigenvalue weighted by atomic mass is 10.1. The first kappa shape index (κ1) is 9.72. The van der Waals surface area contributed by atoms with Crippen LogP contribution in [0.5, 0.6) is 11.5 Å². The van der Waals surface area contributed by atoms with E-state index in [0.29, 0.717) is 5.89 Å². The molecular weight excluding hydrogens is 218 g/mol. The maximum absolute atomic E-state index is 9.29. The molecular formula is C13H9NO3. The van der Waals surface area contributed by atoms with Gasteiger partial charge in [0, 0.05) is 11.1 Å². The molecule has 0 aromatic heterocycles. The van der Waals surface area contributed by atoms with Crippen molar-refractivity contribution < 1.29 is 14.6 Å². The van der Waals surface area contributed by atoms with E-state index in [1.807, 2.05) is 6.07 Å². The molecule has 2 aliphatic heterocycles. The zero-order valence-electron chi connectivity index (χ0n) is 8.79. The van der Waals surface area contributed by atoms with E-state index in [-0.39, 0.29) is 11.5 Å². The van der Waals surface area contributed by atoms with Gasteiger partial charge >= 0.3 is 0 Å². The second-order valence-electron chi connectivity index (χ2n) is 3.75. The van der Waals surface area contributed by atoms with Crippen LogP contribution in [0.4, 0.5) is 0 Å². The maximum Gasteiger partial charge on any atom is 0.226 e. The van der Waals surface area contributed by atoms with Crippen LogP contribution in [0.25, 0.3) is 22.7 Å². The first-order valence-corrected chi connectivity index (χ1v) is 5.10. The zero-order valence-corrected chi connectivity index (χ0v) is 8.79. The Labute approximate surface area is 97.1 Å². The first-order chi connectivity index (χ1) is 8.22. The third kappa shape index (κ3) is 1.69. The first-order valence-electron chi connectivity index (χ1n) is 5.10. The molecule has 0 radical (unpaired) electrons. The van der Waals surface area contributed by atoms with Crippen molar-refractivity contribution in [1.82, 2.24) is 4.98 Å². The highest BCUT2D eigenvalue weighted by Gasteiger charge is 2.12. The Hall–Kier alpha value is -2.49. The number of hydrogen-bond donors (Lipinski definition) is 2. The molecule has 0 amide bonds. The van der Waals surface area contributed by atoms with Crippen molar-refractivity contribution in [2.45, 2.75) is 0 Å². The molecule has 2 aliphatic rings. The highest BCUT2D eigenvalue weighted by Crippen LogP contribution is 2.31. The van der Waals surface area contributed by atoms with Gasteiger partial charge in [-0.3, -0.25) is 0 Å². The summed E-state index contributed by atoms with van der Waals surface area (Å²) in [6.45, 7) is 0. The zero-order chi connectivity index (χ0) is 11.8. The van der Waals surface area contributed by atoms with Crippen LogP contribution in [0, 0.1) is 0 Å². The lowest BCUT2D eigenvalue weighted by Crippen LogP contribution is -1.76. The lowest BCUT2D eigenvalue weighted by molar-refractivity contribution is 0.435. The van der Waals surface area contributed by atoms with Gasteiger partial charge in [-0.05, 0) is 36.4 Å². The van der Waals surface area contributed by atoms with E-state index in [1.165, 1.54) is 6.26 Å². The van der Waals surface area contributed by atoms with Crippen LogP contribution in [0.2, 0.25) is 0 Å². The molecule has 0 spiro atoms. The highest BCUT2D eigenvalue weighted by atomic mass is 16.4. The van der Waals surface area contributed by atoms with Gasteiger partial charge in [0.15, 0.2) is 5.75 Å². The third-order valence-electron chi connectivity index (χ3n) is 2.52. The van der Waals surface area contributed by atoms with E-state index in [1.54, 1.807) is 30.3 Å². The van der Waals surface area contributed by atoms with Gasteiger partial charge in [-0.2, -0.15) is 0 Å². The van der Waals surface area contributed by atoms with Gasteiger partial charge < -0.3 is 14.6 Å². The van der Waals surface area contributed by atoms with Gasteiger partial charge in [0.2, 0.25) is 5.89 Å². The number of rotatable bonds is 1. The average molecular weight is 227 g/mol. The van der Waals surface area contributed by atoms with E-state index in [4.69, 9.17) is 4.42 Å². The van der Waals surface area contributed by atoms with Crippen LogP contribution in [-0.4, -0.2) is 15.2 Å². The molecule has 3 rings (SSSR count). The fraction of sp³-hybridized carbons (Fsp3) is 0. The smallest absolute Gasteiger partial charge is 0.226 e. The minimum atomic E-state index is 0.0714. The summed E-state index contributed by atoms with van der Waals surface area (Å²) < 4.78 is 5.16. The molecule has 0 aliphatic carbocycles. The molecule has 0 saturated carbocycles. The second-order valence-corrected chi connectivity index (χ2v) is 3.75. The van der Waals surface area contributed by atoms with Gasteiger partial charge in [0.05, 0.1) is 5.69 Å². The molecule has 2 N–H and O–H groups in total. The van der Waals surface area contributed by atoms with Gasteiger partial charge in [0.25, 0.3) is 0 Å². The van der Waals surface area contributed by atoms with Gasteiger partial charge in [-0.25, -0.2) is 4.98 Å². The van der Waals surface area contributed by atoms with Crippen molar-refractivity contribution in [3.63, 3.8) is 0 Å². The Morgan fingerprint density at radius 1 is 0.882 bits per heavy atom. The quantitative estimate of drug-likeness (QED) is 0.670. The molecule has 0 unspecified atom stereocenters. The van der Waals surface area contributed by atoms with Crippen LogP contribution in [0.3, 0.4) is 0 Å². The molecule has 17 heavy (non-hydrogen) atoms. The van der Waals surface area contributed by atoms with Crippen LogP contribution in [0.1, 0.15) is 0 Å². The molecule has 84 valence electrons. The summed E-state index contributed by atoms with van der Waals surface area (Å²) in [5.41, 5.74) is 2.37. The normalized spacial score (nSPS) is 10.8. The van der Waals surface area contributed by atoms with Crippen molar-refractivity contribution in [3.8, 4) is 34.2 Å². The Morgan fingerprint density at radius 2 is 1.65 bits per heavy atom. The summed E-state index contributed by atoms with van der Waals surface area (Å²) >= 11 is 0. The number of hydrogen-bond acceptors (Lipinski definition) is 4. The Balaban J connectivity index is 2.12. The van der Waals surface area contributed by atoms with Gasteiger partial charge in [-0.1, -0.05) is 0 Å². The summed E-state index contributed by atoms with van der Waals surface area (Å²) in [5.74, 6) is 0.764. The number of benzene rings is 1. The molecule has 0 bridgehead atoms. The predicted molar refractivity (Wildman–Crippen MR) is 61.9 cm³/mol. The summed E-state index contributed by atoms with van der Waals surface area (Å²) in [6.07, 6.45) is 1.25. The van der Waals surface area contributed by atoms with Gasteiger partial charge in [-0.15, -0.1) is 0 Å². The Morgan fingerprint density at radius 3 is 2.41 bits per heavy atom. The SMILES string of the molecule is Oc1ccc(-c2cc3cc(O)coc-3n2)cc1. The van der Waals surface area contributed by atoms with Crippen molar-refractivity contribution in [3.05, 3.63) is 42.7 Å². The Kier molecular flexibility index (Phi) is 2.01. The lowest BCUT2D eigenvalue weighted by Gasteiger charge is -1.95. The second kappa shape index (κ2) is 3.52. The number of nitrogens with zero attached hydrogens (tertiary/aromatic N) is 1. The molecule has 1 aromatic rings. The standard InChI is InChI=1S/C13H9NO3/c15-10-3-1-8(2-4-10)12-6-9-5-11(16)7-17-13(9)14-12/h1-7,15-16H. The van der Waals surface area contributed by atoms with Crippen molar-refractivity contribution in [2.75, 3.05) is 0 Å². The van der Waals surface area contributed by atoms with Crippen molar-refractivity contribution in [1.29, 1.82) is 0 Å². The third-order valence-corrected chi connectivity index (χ3v) is 2.52. The van der Waals surface area contributed by atoms with Crippen LogP contribution in [0.15, 0.2) is 47.1 Å². The number of aromatic hydroxyl groups is 2. The summed E-state index contributed by atoms with van der Waals surface area (Å²) in [7, 11) is 0. The van der Waals surface area contributed by atoms with Gasteiger partial charge in [0.1, 0.15) is 12.0 Å². The van der Waals surface area contributed by atoms with E-state index in [9.17, 15) is 10.2 Å². The van der Waals surface area contributed by atoms with E-state index in [2.05, 4.69) is 4.98 Å². The van der Waals surface area contributed by atoms with Crippen molar-refractivity contribution in [2.24, 2.45) is 0 Å². The molecule has 1 aromatic carbocycles. The number of phenols is 1. The highest BCUT2D eigenvalue weighted by molar-refractivity contribution is 5.71. The van der Waals surface area contributed by atoms with E-state index >= 15 is 0 Å². The molecule has 4 heteroatoms. The summed E-state index contributed by atoms with van der Waals surface area (Å²) in [6, 6.07) is 10.2. The number of aromatic nitrogens is 1. The largest absolute Gasteiger partial charge is 0.508 e. The fourth-order valence-corrected chi connectivity index (χ4v) is 1.70. The monoisotopic (exact) mass is 227 g/mol.